The van der Waals surface area contributed by atoms with Gasteiger partial charge >= 0.3 is 0 Å². The fourth-order valence-corrected chi connectivity index (χ4v) is 7.65. The molecule has 1 atom stereocenters. The van der Waals surface area contributed by atoms with Gasteiger partial charge in [-0.05, 0) is 114 Å². The summed E-state index contributed by atoms with van der Waals surface area (Å²) in [4.78, 5) is 0. The van der Waals surface area contributed by atoms with Gasteiger partial charge in [0, 0.05) is 5.70 Å². The molecule has 1 nitrogen and oxygen atoms in total. The lowest BCUT2D eigenvalue weighted by Gasteiger charge is -2.26. The summed E-state index contributed by atoms with van der Waals surface area (Å²) in [7, 11) is 0. The van der Waals surface area contributed by atoms with E-state index in [0.717, 1.165) is 18.5 Å². The van der Waals surface area contributed by atoms with Crippen LogP contribution in [-0.2, 0) is 0 Å². The molecule has 0 amide bonds. The summed E-state index contributed by atoms with van der Waals surface area (Å²) in [6, 6.07) is 44.5. The fraction of sp³-hybridized carbons (Fsp3) is 0.0612. The second-order valence-corrected chi connectivity index (χ2v) is 13.2. The van der Waals surface area contributed by atoms with Crippen LogP contribution in [0.3, 0.4) is 0 Å². The van der Waals surface area contributed by atoms with E-state index in [2.05, 4.69) is 193 Å². The van der Waals surface area contributed by atoms with Gasteiger partial charge in [-0.15, -0.1) is 0 Å². The Bertz CT molecular complexity index is 2510. The third-order valence-electron chi connectivity index (χ3n) is 10.1. The van der Waals surface area contributed by atoms with Crippen molar-refractivity contribution in [1.82, 2.24) is 5.32 Å². The first-order valence-electron chi connectivity index (χ1n) is 17.6. The van der Waals surface area contributed by atoms with Crippen LogP contribution in [0.4, 0.5) is 0 Å². The number of hydrogen-bond donors (Lipinski definition) is 1. The van der Waals surface area contributed by atoms with Gasteiger partial charge in [0.25, 0.3) is 0 Å². The number of rotatable bonds is 5. The first-order chi connectivity index (χ1) is 24.8. The molecule has 6 aromatic rings. The van der Waals surface area contributed by atoms with E-state index < -0.39 is 0 Å². The minimum absolute atomic E-state index is 0.0652. The summed E-state index contributed by atoms with van der Waals surface area (Å²) in [5.41, 5.74) is 10.9. The van der Waals surface area contributed by atoms with Crippen molar-refractivity contribution in [1.29, 1.82) is 0 Å². The molecule has 50 heavy (non-hydrogen) atoms. The first kappa shape index (κ1) is 29.9. The molecule has 0 aromatic heterocycles. The fourth-order valence-electron chi connectivity index (χ4n) is 7.65. The number of nitrogens with one attached hydrogen (secondary N) is 1. The molecule has 9 rings (SSSR count). The zero-order valence-corrected chi connectivity index (χ0v) is 27.9. The Morgan fingerprint density at radius 2 is 1.06 bits per heavy atom. The van der Waals surface area contributed by atoms with Crippen molar-refractivity contribution in [2.75, 3.05) is 0 Å². The lowest BCUT2D eigenvalue weighted by molar-refractivity contribution is 0.717. The zero-order chi connectivity index (χ0) is 33.3. The highest BCUT2D eigenvalue weighted by molar-refractivity contribution is 6.25. The molecular formula is C49H37N. The van der Waals surface area contributed by atoms with Crippen LogP contribution in [0, 0.1) is 0 Å². The van der Waals surface area contributed by atoms with Crippen molar-refractivity contribution in [3.05, 3.63) is 222 Å². The van der Waals surface area contributed by atoms with Crippen molar-refractivity contribution in [2.45, 2.75) is 18.9 Å². The Balaban J connectivity index is 1.19. The monoisotopic (exact) mass is 639 g/mol. The van der Waals surface area contributed by atoms with Gasteiger partial charge in [-0.3, -0.25) is 0 Å². The standard InChI is InChI=1S/C49H37N/c1-2-6-17-34(16-5-1)48-32-39(33-49(50-48)35-18-7-3-8-19-35)36-20-15-21-37(30-36)40-22-9-4-10-23-41(40)38-28-29-46-44-26-12-11-24-42(44)43-25-13-14-27-45(43)47(46)31-38/h1,3,5-33,49-50H,2,4H2. The average Bonchev–Trinajstić information content (AvgIpc) is 3.63. The van der Waals surface area contributed by atoms with Crippen LogP contribution in [0.2, 0.25) is 0 Å². The molecule has 238 valence electrons. The zero-order valence-electron chi connectivity index (χ0n) is 27.9. The molecule has 0 saturated carbocycles. The molecule has 0 spiro atoms. The van der Waals surface area contributed by atoms with Gasteiger partial charge in [-0.25, -0.2) is 0 Å². The number of fused-ring (bicyclic) bond motifs is 6. The SMILES string of the molecule is C1=CCC=CC(C2=CC(c3cccc(C4=C(c5ccc6c7ccccc7c7ccccc7c6c5)C=CCC=C4)c3)=CC(c3ccccc3)N2)=C1. The van der Waals surface area contributed by atoms with Crippen molar-refractivity contribution >= 4 is 49.0 Å². The molecule has 0 bridgehead atoms. The maximum absolute atomic E-state index is 3.82. The van der Waals surface area contributed by atoms with Crippen LogP contribution in [0.15, 0.2) is 199 Å². The number of allylic oxidation sites excluding steroid dienone is 13. The third-order valence-corrected chi connectivity index (χ3v) is 10.1. The lowest BCUT2D eigenvalue weighted by Crippen LogP contribution is -2.23. The average molecular weight is 640 g/mol. The van der Waals surface area contributed by atoms with Gasteiger partial charge in [-0.1, -0.05) is 164 Å². The van der Waals surface area contributed by atoms with Gasteiger partial charge in [0.15, 0.2) is 0 Å². The number of benzene rings is 6. The summed E-state index contributed by atoms with van der Waals surface area (Å²) >= 11 is 0. The Labute approximate surface area is 294 Å². The topological polar surface area (TPSA) is 12.0 Å². The predicted molar refractivity (Wildman–Crippen MR) is 214 cm³/mol. The smallest absolute Gasteiger partial charge is 0.0707 e. The minimum atomic E-state index is 0.0652. The maximum atomic E-state index is 3.82. The van der Waals surface area contributed by atoms with E-state index in [9.17, 15) is 0 Å². The molecule has 1 aliphatic heterocycles. The molecule has 1 heteroatoms. The molecule has 0 fully saturated rings. The third kappa shape index (κ3) is 5.57. The molecule has 1 unspecified atom stereocenters. The van der Waals surface area contributed by atoms with Crippen molar-refractivity contribution < 1.29 is 0 Å². The van der Waals surface area contributed by atoms with Gasteiger partial charge in [0.2, 0.25) is 0 Å². The van der Waals surface area contributed by atoms with E-state index in [0.29, 0.717) is 0 Å². The van der Waals surface area contributed by atoms with E-state index in [4.69, 9.17) is 0 Å². The molecule has 2 aliphatic carbocycles. The predicted octanol–water partition coefficient (Wildman–Crippen LogP) is 12.6. The van der Waals surface area contributed by atoms with E-state index in [1.54, 1.807) is 0 Å². The van der Waals surface area contributed by atoms with Crippen molar-refractivity contribution in [3.63, 3.8) is 0 Å². The highest BCUT2D eigenvalue weighted by atomic mass is 14.9. The Kier molecular flexibility index (Phi) is 7.80. The van der Waals surface area contributed by atoms with Gasteiger partial charge < -0.3 is 5.32 Å². The summed E-state index contributed by atoms with van der Waals surface area (Å²) in [6.07, 6.45) is 26.7. The molecule has 3 aliphatic rings. The highest BCUT2D eigenvalue weighted by Crippen LogP contribution is 2.39. The number of dihydropyridines is 1. The second-order valence-electron chi connectivity index (χ2n) is 13.2. The number of hydrogen-bond acceptors (Lipinski definition) is 1. The summed E-state index contributed by atoms with van der Waals surface area (Å²) < 4.78 is 0. The van der Waals surface area contributed by atoms with Gasteiger partial charge in [-0.2, -0.15) is 0 Å². The van der Waals surface area contributed by atoms with E-state index in [-0.39, 0.29) is 6.04 Å². The van der Waals surface area contributed by atoms with Gasteiger partial charge in [0.1, 0.15) is 0 Å². The van der Waals surface area contributed by atoms with E-state index in [1.807, 2.05) is 0 Å². The first-order valence-corrected chi connectivity index (χ1v) is 17.6. The van der Waals surface area contributed by atoms with E-state index >= 15 is 0 Å². The van der Waals surface area contributed by atoms with Crippen LogP contribution < -0.4 is 5.32 Å². The van der Waals surface area contributed by atoms with Crippen LogP contribution in [0.1, 0.15) is 41.1 Å². The maximum Gasteiger partial charge on any atom is 0.0707 e. The Hall–Kier alpha value is -6.18. The van der Waals surface area contributed by atoms with Crippen LogP contribution in [0.5, 0.6) is 0 Å². The van der Waals surface area contributed by atoms with Crippen molar-refractivity contribution in [2.24, 2.45) is 0 Å². The Morgan fingerprint density at radius 3 is 1.80 bits per heavy atom. The second kappa shape index (κ2) is 13.0. The quantitative estimate of drug-likeness (QED) is 0.185. The molecule has 0 saturated heterocycles. The van der Waals surface area contributed by atoms with E-state index in [1.165, 1.54) is 76.9 Å². The molecule has 1 N–H and O–H groups in total. The molecular weight excluding hydrogens is 603 g/mol. The lowest BCUT2D eigenvalue weighted by atomic mass is 9.88. The molecule has 1 heterocycles. The minimum Gasteiger partial charge on any atom is -0.374 e. The largest absolute Gasteiger partial charge is 0.374 e. The van der Waals surface area contributed by atoms with Crippen LogP contribution in [0.25, 0.3) is 49.0 Å². The van der Waals surface area contributed by atoms with Crippen molar-refractivity contribution in [3.8, 4) is 0 Å². The van der Waals surface area contributed by atoms with Crippen LogP contribution in [-0.4, -0.2) is 0 Å². The molecule has 0 radical (unpaired) electrons. The molecule has 6 aromatic carbocycles. The van der Waals surface area contributed by atoms with Gasteiger partial charge in [0.05, 0.1) is 6.04 Å². The summed E-state index contributed by atoms with van der Waals surface area (Å²) in [5.74, 6) is 0. The Morgan fingerprint density at radius 1 is 0.460 bits per heavy atom. The summed E-state index contributed by atoms with van der Waals surface area (Å²) in [6.45, 7) is 0. The highest BCUT2D eigenvalue weighted by Gasteiger charge is 2.20. The summed E-state index contributed by atoms with van der Waals surface area (Å²) in [5, 5.41) is 11.6. The normalized spacial score (nSPS) is 17.4. The van der Waals surface area contributed by atoms with Crippen LogP contribution >= 0.6 is 0 Å².